The molecule has 0 radical (unpaired) electrons. The third-order valence-electron chi connectivity index (χ3n) is 4.99. The molecule has 0 saturated carbocycles. The summed E-state index contributed by atoms with van der Waals surface area (Å²) in [5.74, 6) is 0.258. The van der Waals surface area contributed by atoms with Crippen molar-refractivity contribution in [2.24, 2.45) is 0 Å². The highest BCUT2D eigenvalue weighted by Crippen LogP contribution is 2.24. The lowest BCUT2D eigenvalue weighted by Crippen LogP contribution is -2.46. The fourth-order valence-electron chi connectivity index (χ4n) is 3.33. The minimum absolute atomic E-state index is 0.267. The van der Waals surface area contributed by atoms with Crippen molar-refractivity contribution in [2.75, 3.05) is 32.0 Å². The van der Waals surface area contributed by atoms with Crippen molar-refractivity contribution in [2.45, 2.75) is 18.4 Å². The number of nitrogens with one attached hydrogen (secondary N) is 3. The van der Waals surface area contributed by atoms with E-state index in [2.05, 4.69) is 25.9 Å². The molecule has 146 valence electrons. The van der Waals surface area contributed by atoms with Gasteiger partial charge in [-0.2, -0.15) is 0 Å². The fourth-order valence-corrected chi connectivity index (χ4v) is 3.33. The van der Waals surface area contributed by atoms with Crippen LogP contribution in [0.25, 0.3) is 16.9 Å². The molecule has 0 aromatic carbocycles. The Balaban J connectivity index is 1.73. The molecular weight excluding hydrogens is 358 g/mol. The average Bonchev–Trinajstić information content (AvgIpc) is 3.17. The van der Waals surface area contributed by atoms with E-state index in [4.69, 9.17) is 4.98 Å². The van der Waals surface area contributed by atoms with Crippen molar-refractivity contribution < 1.29 is 9.90 Å². The first-order valence-corrected chi connectivity index (χ1v) is 9.27. The molecule has 4 N–H and O–H groups in total. The average molecular weight is 381 g/mol. The molecule has 0 spiro atoms. The van der Waals surface area contributed by atoms with Crippen LogP contribution < -0.4 is 16.0 Å². The number of hydrogen-bond donors (Lipinski definition) is 4. The summed E-state index contributed by atoms with van der Waals surface area (Å²) in [7, 11) is 1.57. The molecule has 1 fully saturated rings. The quantitative estimate of drug-likeness (QED) is 0.513. The molecule has 9 nitrogen and oxygen atoms in total. The first kappa shape index (κ1) is 18.3. The van der Waals surface area contributed by atoms with Gasteiger partial charge in [-0.3, -0.25) is 9.78 Å². The SMILES string of the molecule is CNC(=O)c1cn2cc(-c3ccncc3)nc(NCC3(O)CCNCC3)c2n1. The van der Waals surface area contributed by atoms with Crippen molar-refractivity contribution in [1.29, 1.82) is 0 Å². The number of fused-ring (bicyclic) bond motifs is 1. The van der Waals surface area contributed by atoms with Gasteiger partial charge < -0.3 is 25.5 Å². The van der Waals surface area contributed by atoms with Gasteiger partial charge >= 0.3 is 0 Å². The Kier molecular flexibility index (Phi) is 4.93. The number of rotatable bonds is 5. The van der Waals surface area contributed by atoms with Crippen LogP contribution in [0.5, 0.6) is 0 Å². The van der Waals surface area contributed by atoms with Crippen molar-refractivity contribution in [3.05, 3.63) is 42.6 Å². The molecule has 0 atom stereocenters. The van der Waals surface area contributed by atoms with Gasteiger partial charge in [-0.25, -0.2) is 9.97 Å². The summed E-state index contributed by atoms with van der Waals surface area (Å²) in [6.45, 7) is 1.92. The number of aromatic nitrogens is 4. The van der Waals surface area contributed by atoms with Gasteiger partial charge in [0, 0.05) is 43.9 Å². The fraction of sp³-hybridized carbons (Fsp3) is 0.368. The minimum Gasteiger partial charge on any atom is -0.388 e. The second-order valence-corrected chi connectivity index (χ2v) is 6.97. The van der Waals surface area contributed by atoms with Crippen LogP contribution in [-0.4, -0.2) is 62.6 Å². The third kappa shape index (κ3) is 3.67. The van der Waals surface area contributed by atoms with Gasteiger partial charge in [0.05, 0.1) is 11.3 Å². The number of imidazole rings is 1. The first-order chi connectivity index (χ1) is 13.6. The Labute approximate surface area is 162 Å². The van der Waals surface area contributed by atoms with E-state index < -0.39 is 5.60 Å². The monoisotopic (exact) mass is 381 g/mol. The predicted octanol–water partition coefficient (Wildman–Crippen LogP) is 0.677. The maximum Gasteiger partial charge on any atom is 0.271 e. The van der Waals surface area contributed by atoms with Crippen LogP contribution in [0.3, 0.4) is 0 Å². The van der Waals surface area contributed by atoms with E-state index in [-0.39, 0.29) is 5.91 Å². The Morgan fingerprint density at radius 3 is 2.71 bits per heavy atom. The van der Waals surface area contributed by atoms with Crippen LogP contribution >= 0.6 is 0 Å². The van der Waals surface area contributed by atoms with E-state index in [0.29, 0.717) is 36.5 Å². The molecular formula is C19H23N7O2. The first-order valence-electron chi connectivity index (χ1n) is 9.27. The van der Waals surface area contributed by atoms with Gasteiger partial charge in [-0.15, -0.1) is 0 Å². The number of nitrogens with zero attached hydrogens (tertiary/aromatic N) is 4. The number of carbonyl (C=O) groups excluding carboxylic acids is 1. The number of aliphatic hydroxyl groups is 1. The van der Waals surface area contributed by atoms with Crippen LogP contribution in [0.15, 0.2) is 36.9 Å². The number of piperidine rings is 1. The van der Waals surface area contributed by atoms with Crippen molar-refractivity contribution in [1.82, 2.24) is 30.0 Å². The third-order valence-corrected chi connectivity index (χ3v) is 4.99. The number of pyridine rings is 1. The van der Waals surface area contributed by atoms with Gasteiger partial charge in [0.25, 0.3) is 5.91 Å². The highest BCUT2D eigenvalue weighted by Gasteiger charge is 2.29. The van der Waals surface area contributed by atoms with Gasteiger partial charge in [-0.1, -0.05) is 0 Å². The molecule has 9 heteroatoms. The summed E-state index contributed by atoms with van der Waals surface area (Å²) in [6.07, 6.45) is 8.24. The summed E-state index contributed by atoms with van der Waals surface area (Å²) in [4.78, 5) is 25.2. The largest absolute Gasteiger partial charge is 0.388 e. The maximum atomic E-state index is 12.0. The molecule has 3 aromatic rings. The summed E-state index contributed by atoms with van der Waals surface area (Å²) >= 11 is 0. The van der Waals surface area contributed by atoms with Gasteiger partial charge in [0.15, 0.2) is 11.5 Å². The highest BCUT2D eigenvalue weighted by atomic mass is 16.3. The lowest BCUT2D eigenvalue weighted by molar-refractivity contribution is 0.0231. The number of carbonyl (C=O) groups is 1. The van der Waals surface area contributed by atoms with Crippen molar-refractivity contribution >= 4 is 17.4 Å². The van der Waals surface area contributed by atoms with E-state index >= 15 is 0 Å². The van der Waals surface area contributed by atoms with Crippen LogP contribution in [0.2, 0.25) is 0 Å². The maximum absolute atomic E-state index is 12.0. The van der Waals surface area contributed by atoms with E-state index in [1.807, 2.05) is 18.3 Å². The molecule has 4 heterocycles. The molecule has 1 aliphatic rings. The van der Waals surface area contributed by atoms with Crippen LogP contribution in [-0.2, 0) is 0 Å². The highest BCUT2D eigenvalue weighted by molar-refractivity contribution is 5.93. The van der Waals surface area contributed by atoms with Crippen LogP contribution in [0.1, 0.15) is 23.3 Å². The molecule has 0 bridgehead atoms. The van der Waals surface area contributed by atoms with E-state index in [1.165, 1.54) is 0 Å². The predicted molar refractivity (Wildman–Crippen MR) is 105 cm³/mol. The standard InChI is InChI=1S/C19H23N7O2/c1-20-18(27)15-11-26-10-14(13-2-6-21-7-3-13)24-16(17(26)25-15)23-12-19(28)4-8-22-9-5-19/h2-3,6-7,10-11,22,28H,4-5,8-9,12H2,1H3,(H,20,27)(H,23,24). The molecule has 4 rings (SSSR count). The summed E-state index contributed by atoms with van der Waals surface area (Å²) in [5, 5.41) is 19.9. The normalized spacial score (nSPS) is 16.1. The smallest absolute Gasteiger partial charge is 0.271 e. The zero-order chi connectivity index (χ0) is 19.6. The van der Waals surface area contributed by atoms with E-state index in [0.717, 1.165) is 24.3 Å². The zero-order valence-electron chi connectivity index (χ0n) is 15.6. The summed E-state index contributed by atoms with van der Waals surface area (Å²) in [6, 6.07) is 3.74. The number of amides is 1. The van der Waals surface area contributed by atoms with Gasteiger partial charge in [0.2, 0.25) is 0 Å². The minimum atomic E-state index is -0.799. The second-order valence-electron chi connectivity index (χ2n) is 6.97. The van der Waals surface area contributed by atoms with Crippen molar-refractivity contribution in [3.8, 4) is 11.3 Å². The van der Waals surface area contributed by atoms with Gasteiger partial charge in [-0.05, 0) is 38.1 Å². The van der Waals surface area contributed by atoms with E-state index in [1.54, 1.807) is 30.0 Å². The molecule has 1 aliphatic heterocycles. The molecule has 0 unspecified atom stereocenters. The zero-order valence-corrected chi connectivity index (χ0v) is 15.6. The Bertz CT molecular complexity index is 981. The number of anilines is 1. The van der Waals surface area contributed by atoms with Crippen LogP contribution in [0.4, 0.5) is 5.82 Å². The van der Waals surface area contributed by atoms with Crippen LogP contribution in [0, 0.1) is 0 Å². The van der Waals surface area contributed by atoms with Crippen molar-refractivity contribution in [3.63, 3.8) is 0 Å². The molecule has 0 aliphatic carbocycles. The lowest BCUT2D eigenvalue weighted by atomic mass is 9.92. The summed E-state index contributed by atoms with van der Waals surface area (Å²) < 4.78 is 1.78. The Hall–Kier alpha value is -3.04. The topological polar surface area (TPSA) is 116 Å². The second kappa shape index (κ2) is 7.53. The molecule has 1 saturated heterocycles. The Morgan fingerprint density at radius 2 is 2.00 bits per heavy atom. The van der Waals surface area contributed by atoms with Gasteiger partial charge in [0.1, 0.15) is 5.69 Å². The lowest BCUT2D eigenvalue weighted by Gasteiger charge is -2.32. The molecule has 28 heavy (non-hydrogen) atoms. The van der Waals surface area contributed by atoms with E-state index in [9.17, 15) is 9.90 Å². The molecule has 1 amide bonds. The molecule has 3 aromatic heterocycles. The number of hydrogen-bond acceptors (Lipinski definition) is 7. The Morgan fingerprint density at radius 1 is 1.25 bits per heavy atom. The summed E-state index contributed by atoms with van der Waals surface area (Å²) in [5.41, 5.74) is 1.66.